The van der Waals surface area contributed by atoms with Crippen LogP contribution in [0.1, 0.15) is 87.1 Å². The zero-order valence-corrected chi connectivity index (χ0v) is 24.6. The SMILES string of the molecule is Cc1c(CCC(=O)N2CC[C@@]3(O)CCCC[C@H]3C2)c(=O)oc2c(C)c(OCc3ccc(C(C)(C)C)cc3)ccc12. The first-order chi connectivity index (χ1) is 19.0. The number of aliphatic hydroxyl groups is 1. The van der Waals surface area contributed by atoms with E-state index >= 15 is 0 Å². The molecule has 6 nitrogen and oxygen atoms in total. The molecule has 2 aliphatic rings. The predicted molar refractivity (Wildman–Crippen MR) is 158 cm³/mol. The van der Waals surface area contributed by atoms with Gasteiger partial charge in [0.25, 0.3) is 0 Å². The van der Waals surface area contributed by atoms with E-state index in [2.05, 4.69) is 45.0 Å². The fourth-order valence-electron chi connectivity index (χ4n) is 6.47. The average Bonchev–Trinajstić information content (AvgIpc) is 2.92. The Labute approximate surface area is 237 Å². The number of amides is 1. The van der Waals surface area contributed by atoms with E-state index in [-0.39, 0.29) is 23.7 Å². The lowest BCUT2D eigenvalue weighted by molar-refractivity contribution is -0.143. The van der Waals surface area contributed by atoms with Crippen LogP contribution in [-0.4, -0.2) is 34.6 Å². The van der Waals surface area contributed by atoms with Gasteiger partial charge in [0.15, 0.2) is 0 Å². The minimum atomic E-state index is -0.609. The van der Waals surface area contributed by atoms with Crippen molar-refractivity contribution in [3.8, 4) is 5.75 Å². The van der Waals surface area contributed by atoms with E-state index in [4.69, 9.17) is 9.15 Å². The summed E-state index contributed by atoms with van der Waals surface area (Å²) in [4.78, 5) is 28.0. The molecule has 1 N–H and O–H groups in total. The van der Waals surface area contributed by atoms with Crippen molar-refractivity contribution in [2.24, 2.45) is 5.92 Å². The Morgan fingerprint density at radius 3 is 2.55 bits per heavy atom. The van der Waals surface area contributed by atoms with Crippen LogP contribution in [0.15, 0.2) is 45.6 Å². The van der Waals surface area contributed by atoms with Gasteiger partial charge < -0.3 is 19.2 Å². The van der Waals surface area contributed by atoms with Crippen LogP contribution in [0.25, 0.3) is 11.0 Å². The highest BCUT2D eigenvalue weighted by Gasteiger charge is 2.43. The van der Waals surface area contributed by atoms with Gasteiger partial charge in [-0.2, -0.15) is 0 Å². The molecule has 1 aliphatic heterocycles. The number of aryl methyl sites for hydroxylation is 2. The van der Waals surface area contributed by atoms with Gasteiger partial charge in [-0.15, -0.1) is 0 Å². The first-order valence-corrected chi connectivity index (χ1v) is 14.7. The number of rotatable bonds is 6. The molecule has 1 saturated heterocycles. The van der Waals surface area contributed by atoms with E-state index in [0.717, 1.165) is 47.8 Å². The maximum Gasteiger partial charge on any atom is 0.339 e. The van der Waals surface area contributed by atoms with Crippen molar-refractivity contribution >= 4 is 16.9 Å². The molecule has 2 aromatic carbocycles. The molecule has 0 bridgehead atoms. The minimum absolute atomic E-state index is 0.0435. The maximum absolute atomic E-state index is 13.1. The van der Waals surface area contributed by atoms with Crippen molar-refractivity contribution in [2.45, 2.75) is 97.2 Å². The fraction of sp³-hybridized carbons (Fsp3) is 0.529. The van der Waals surface area contributed by atoms with Gasteiger partial charge in [0, 0.05) is 41.9 Å². The van der Waals surface area contributed by atoms with E-state index in [0.29, 0.717) is 49.4 Å². The summed E-state index contributed by atoms with van der Waals surface area (Å²) in [6.45, 7) is 12.1. The summed E-state index contributed by atoms with van der Waals surface area (Å²) in [6, 6.07) is 12.3. The number of hydrogen-bond acceptors (Lipinski definition) is 5. The molecule has 2 fully saturated rings. The summed E-state index contributed by atoms with van der Waals surface area (Å²) in [5.74, 6) is 0.890. The third kappa shape index (κ3) is 5.69. The van der Waals surface area contributed by atoms with Crippen LogP contribution in [0.3, 0.4) is 0 Å². The zero-order valence-electron chi connectivity index (χ0n) is 24.6. The molecular weight excluding hydrogens is 502 g/mol. The van der Waals surface area contributed by atoms with Gasteiger partial charge in [-0.3, -0.25) is 4.79 Å². The summed E-state index contributed by atoms with van der Waals surface area (Å²) in [5.41, 5.74) is 4.19. The molecule has 2 heterocycles. The Balaban J connectivity index is 1.26. The summed E-state index contributed by atoms with van der Waals surface area (Å²) < 4.78 is 11.9. The number of likely N-dealkylation sites (tertiary alicyclic amines) is 1. The van der Waals surface area contributed by atoms with Crippen LogP contribution in [0.2, 0.25) is 0 Å². The second-order valence-electron chi connectivity index (χ2n) is 12.9. The molecule has 1 aromatic heterocycles. The molecular formula is C34H43NO5. The molecule has 3 aromatic rings. The number of nitrogens with zero attached hydrogens (tertiary/aromatic N) is 1. The number of fused-ring (bicyclic) bond motifs is 2. The Hall–Kier alpha value is -3.12. The maximum atomic E-state index is 13.1. The largest absolute Gasteiger partial charge is 0.488 e. The van der Waals surface area contributed by atoms with Gasteiger partial charge in [-0.25, -0.2) is 4.79 Å². The van der Waals surface area contributed by atoms with Crippen molar-refractivity contribution in [3.63, 3.8) is 0 Å². The van der Waals surface area contributed by atoms with Crippen molar-refractivity contribution in [1.29, 1.82) is 0 Å². The lowest BCUT2D eigenvalue weighted by Gasteiger charge is -2.47. The molecule has 0 unspecified atom stereocenters. The molecule has 40 heavy (non-hydrogen) atoms. The Kier molecular flexibility index (Phi) is 7.84. The van der Waals surface area contributed by atoms with Crippen LogP contribution in [0.5, 0.6) is 5.75 Å². The second kappa shape index (κ2) is 11.0. The van der Waals surface area contributed by atoms with E-state index < -0.39 is 11.2 Å². The first kappa shape index (κ1) is 28.4. The topological polar surface area (TPSA) is 80.0 Å². The normalized spacial score (nSPS) is 21.4. The number of piperidine rings is 1. The Bertz CT molecular complexity index is 1450. The smallest absolute Gasteiger partial charge is 0.339 e. The van der Waals surface area contributed by atoms with Gasteiger partial charge in [0.2, 0.25) is 5.91 Å². The van der Waals surface area contributed by atoms with Crippen molar-refractivity contribution in [2.75, 3.05) is 13.1 Å². The Morgan fingerprint density at radius 1 is 1.07 bits per heavy atom. The first-order valence-electron chi connectivity index (χ1n) is 14.7. The van der Waals surface area contributed by atoms with Gasteiger partial charge in [0.1, 0.15) is 17.9 Å². The lowest BCUT2D eigenvalue weighted by Crippen LogP contribution is -2.54. The molecule has 214 valence electrons. The Morgan fingerprint density at radius 2 is 1.82 bits per heavy atom. The molecule has 1 saturated carbocycles. The molecule has 2 atom stereocenters. The molecule has 0 spiro atoms. The average molecular weight is 546 g/mol. The second-order valence-corrected chi connectivity index (χ2v) is 12.9. The van der Waals surface area contributed by atoms with E-state index in [1.54, 1.807) is 0 Å². The monoisotopic (exact) mass is 545 g/mol. The highest BCUT2D eigenvalue weighted by molar-refractivity contribution is 5.86. The van der Waals surface area contributed by atoms with Gasteiger partial charge >= 0.3 is 5.63 Å². The van der Waals surface area contributed by atoms with Gasteiger partial charge in [-0.05, 0) is 73.8 Å². The molecule has 1 amide bonds. The van der Waals surface area contributed by atoms with Gasteiger partial charge in [0.05, 0.1) is 5.60 Å². The summed E-state index contributed by atoms with van der Waals surface area (Å²) in [7, 11) is 0. The highest BCUT2D eigenvalue weighted by atomic mass is 16.5. The number of ether oxygens (including phenoxy) is 1. The molecule has 0 radical (unpaired) electrons. The van der Waals surface area contributed by atoms with Crippen LogP contribution >= 0.6 is 0 Å². The lowest BCUT2D eigenvalue weighted by atomic mass is 9.71. The highest BCUT2D eigenvalue weighted by Crippen LogP contribution is 2.40. The van der Waals surface area contributed by atoms with E-state index in [9.17, 15) is 14.7 Å². The van der Waals surface area contributed by atoms with Crippen molar-refractivity contribution in [3.05, 3.63) is 74.6 Å². The van der Waals surface area contributed by atoms with Crippen LogP contribution in [-0.2, 0) is 23.2 Å². The molecule has 1 aliphatic carbocycles. The number of carbonyl (C=O) groups is 1. The predicted octanol–water partition coefficient (Wildman–Crippen LogP) is 6.37. The summed E-state index contributed by atoms with van der Waals surface area (Å²) >= 11 is 0. The minimum Gasteiger partial charge on any atom is -0.488 e. The van der Waals surface area contributed by atoms with Crippen LogP contribution < -0.4 is 10.4 Å². The van der Waals surface area contributed by atoms with Crippen molar-refractivity contribution in [1.82, 2.24) is 4.90 Å². The van der Waals surface area contributed by atoms with E-state index in [1.165, 1.54) is 5.56 Å². The van der Waals surface area contributed by atoms with Crippen LogP contribution in [0, 0.1) is 19.8 Å². The summed E-state index contributed by atoms with van der Waals surface area (Å²) in [6.07, 6.45) is 5.24. The number of benzene rings is 2. The third-order valence-corrected chi connectivity index (χ3v) is 9.24. The van der Waals surface area contributed by atoms with Crippen molar-refractivity contribution < 1.29 is 19.1 Å². The number of hydrogen-bond donors (Lipinski definition) is 1. The van der Waals surface area contributed by atoms with Gasteiger partial charge in [-0.1, -0.05) is 57.9 Å². The zero-order chi connectivity index (χ0) is 28.7. The molecule has 5 rings (SSSR count). The number of carbonyl (C=O) groups excluding carboxylic acids is 1. The quantitative estimate of drug-likeness (QED) is 0.364. The fourth-order valence-corrected chi connectivity index (χ4v) is 6.47. The summed E-state index contributed by atoms with van der Waals surface area (Å²) in [5, 5.41) is 11.8. The standard InChI is InChI=1S/C34H43NO5/c1-22-27-13-15-29(39-21-24-9-11-25(12-10-24)33(3,4)5)23(2)31(27)40-32(37)28(22)14-16-30(36)35-19-18-34(38)17-7-6-8-26(34)20-35/h9-13,15,26,38H,6-8,14,16-21H2,1-5H3/t26-,34-/m0/s1. The van der Waals surface area contributed by atoms with Crippen LogP contribution in [0.4, 0.5) is 0 Å². The third-order valence-electron chi connectivity index (χ3n) is 9.24. The molecule has 6 heteroatoms. The van der Waals surface area contributed by atoms with E-state index in [1.807, 2.05) is 30.9 Å².